The largest absolute Gasteiger partial charge is 0.487 e. The number of unbranched alkanes of at least 4 members (excludes halogenated alkanes) is 2. The first kappa shape index (κ1) is 27.0. The number of carbonyl (C=O) groups is 2. The van der Waals surface area contributed by atoms with Gasteiger partial charge in [0.05, 0.1) is 0 Å². The van der Waals surface area contributed by atoms with E-state index in [4.69, 9.17) is 13.9 Å². The molecule has 0 saturated heterocycles. The van der Waals surface area contributed by atoms with Gasteiger partial charge in [-0.15, -0.1) is 5.10 Å². The lowest BCUT2D eigenvalue weighted by Crippen LogP contribution is -2.33. The molecular weight excluding hydrogens is 470 g/mol. The summed E-state index contributed by atoms with van der Waals surface area (Å²) in [6.45, 7) is 10.2. The van der Waals surface area contributed by atoms with Crippen molar-refractivity contribution in [1.29, 1.82) is 0 Å². The molecule has 4 rings (SSSR count). The second kappa shape index (κ2) is 11.2. The van der Waals surface area contributed by atoms with Crippen molar-refractivity contribution in [3.8, 4) is 5.75 Å². The highest BCUT2D eigenvalue weighted by molar-refractivity contribution is 5.84. The number of amides is 2. The number of hydrogen-bond acceptors (Lipinski definition) is 6. The molecule has 1 aliphatic heterocycles. The molecule has 2 heterocycles. The Labute approximate surface area is 219 Å². The average Bonchev–Trinajstić information content (AvgIpc) is 2.82. The summed E-state index contributed by atoms with van der Waals surface area (Å²) in [5.41, 5.74) is 6.86. The smallest absolute Gasteiger partial charge is 0.407 e. The van der Waals surface area contributed by atoms with Crippen LogP contribution in [0.1, 0.15) is 96.3 Å². The van der Waals surface area contributed by atoms with Crippen molar-refractivity contribution >= 4 is 23.0 Å². The number of hydrogen-bond donors (Lipinski definition) is 2. The predicted molar refractivity (Wildman–Crippen MR) is 142 cm³/mol. The van der Waals surface area contributed by atoms with E-state index < -0.39 is 11.7 Å². The zero-order valence-corrected chi connectivity index (χ0v) is 22.9. The fourth-order valence-electron chi connectivity index (χ4n) is 4.96. The molecule has 0 bridgehead atoms. The predicted octanol–water partition coefficient (Wildman–Crippen LogP) is 5.43. The van der Waals surface area contributed by atoms with E-state index in [1.807, 2.05) is 26.8 Å². The first-order valence-corrected chi connectivity index (χ1v) is 13.6. The first-order chi connectivity index (χ1) is 17.5. The average molecular weight is 512 g/mol. The third kappa shape index (κ3) is 7.27. The molecule has 202 valence electrons. The van der Waals surface area contributed by atoms with Gasteiger partial charge in [0, 0.05) is 30.0 Å². The second-order valence-electron chi connectivity index (χ2n) is 11.8. The fraction of sp³-hybridized carbons (Fsp3) is 0.621. The molecule has 8 heteroatoms. The SMILES string of the molecule is CC(C)(C)OC(=O)NCCCCCC(=O)N/N=c1/oc2cc3c(cc2c2c1CCCC2)CCC(C)(C)O3. The monoisotopic (exact) mass is 511 g/mol. The standard InChI is InChI=1S/C29H41N3O5/c1-28(2,3)37-27(34)30-16-10-6-7-13-25(33)31-32-26-21-12-9-8-11-20(21)22-17-19-14-15-29(4,5)36-23(19)18-24(22)35-26/h17-18H,6-16H2,1-5H3,(H,30,34)(H,31,33)/b32-26+. The lowest BCUT2D eigenvalue weighted by atomic mass is 9.88. The van der Waals surface area contributed by atoms with Crippen LogP contribution < -0.4 is 21.0 Å². The van der Waals surface area contributed by atoms with Gasteiger partial charge in [-0.3, -0.25) is 4.79 Å². The Balaban J connectivity index is 1.38. The zero-order chi connectivity index (χ0) is 26.6. The van der Waals surface area contributed by atoms with Crippen LogP contribution in [0, 0.1) is 0 Å². The van der Waals surface area contributed by atoms with Crippen molar-refractivity contribution in [3.63, 3.8) is 0 Å². The van der Waals surface area contributed by atoms with Crippen LogP contribution >= 0.6 is 0 Å². The summed E-state index contributed by atoms with van der Waals surface area (Å²) >= 11 is 0. The summed E-state index contributed by atoms with van der Waals surface area (Å²) in [7, 11) is 0. The van der Waals surface area contributed by atoms with Crippen molar-refractivity contribution in [2.45, 2.75) is 110 Å². The number of aryl methyl sites for hydroxylation is 2. The van der Waals surface area contributed by atoms with Gasteiger partial charge in [0.15, 0.2) is 0 Å². The Morgan fingerprint density at radius 3 is 2.57 bits per heavy atom. The quantitative estimate of drug-likeness (QED) is 0.381. The van der Waals surface area contributed by atoms with E-state index in [1.165, 1.54) is 11.1 Å². The summed E-state index contributed by atoms with van der Waals surface area (Å²) in [5.74, 6) is 0.731. The highest BCUT2D eigenvalue weighted by Gasteiger charge is 2.28. The van der Waals surface area contributed by atoms with Crippen molar-refractivity contribution < 1.29 is 23.5 Å². The molecule has 0 fully saturated rings. The van der Waals surface area contributed by atoms with Gasteiger partial charge in [-0.1, -0.05) is 6.42 Å². The summed E-state index contributed by atoms with van der Waals surface area (Å²) in [4.78, 5) is 24.1. The van der Waals surface area contributed by atoms with E-state index in [0.717, 1.165) is 73.6 Å². The van der Waals surface area contributed by atoms with E-state index in [9.17, 15) is 9.59 Å². The Hall–Kier alpha value is -3.03. The van der Waals surface area contributed by atoms with E-state index >= 15 is 0 Å². The topological polar surface area (TPSA) is 102 Å². The Kier molecular flexibility index (Phi) is 8.14. The minimum Gasteiger partial charge on any atom is -0.487 e. The van der Waals surface area contributed by atoms with Crippen LogP contribution in [0.15, 0.2) is 21.7 Å². The number of ether oxygens (including phenoxy) is 2. The Morgan fingerprint density at radius 2 is 1.81 bits per heavy atom. The highest BCUT2D eigenvalue weighted by atomic mass is 16.6. The molecule has 2 aliphatic rings. The molecule has 37 heavy (non-hydrogen) atoms. The summed E-state index contributed by atoms with van der Waals surface area (Å²) in [5, 5.41) is 8.28. The Morgan fingerprint density at radius 1 is 1.05 bits per heavy atom. The lowest BCUT2D eigenvalue weighted by molar-refractivity contribution is -0.121. The lowest BCUT2D eigenvalue weighted by Gasteiger charge is -2.33. The Bertz CT molecular complexity index is 1220. The number of nitrogens with one attached hydrogen (secondary N) is 2. The second-order valence-corrected chi connectivity index (χ2v) is 11.8. The molecule has 8 nitrogen and oxygen atoms in total. The summed E-state index contributed by atoms with van der Waals surface area (Å²) in [6.07, 6.45) is 8.35. The molecule has 0 radical (unpaired) electrons. The van der Waals surface area contributed by atoms with Gasteiger partial charge in [-0.25, -0.2) is 10.2 Å². The molecular formula is C29H41N3O5. The third-order valence-electron chi connectivity index (χ3n) is 6.83. The molecule has 1 aromatic heterocycles. The third-order valence-corrected chi connectivity index (χ3v) is 6.83. The molecule has 0 unspecified atom stereocenters. The van der Waals surface area contributed by atoms with E-state index in [0.29, 0.717) is 24.9 Å². The van der Waals surface area contributed by atoms with Crippen LogP contribution in [0.4, 0.5) is 4.79 Å². The number of fused-ring (bicyclic) bond motifs is 4. The van der Waals surface area contributed by atoms with Crippen molar-refractivity contribution in [2.75, 3.05) is 6.54 Å². The minimum absolute atomic E-state index is 0.143. The van der Waals surface area contributed by atoms with Crippen LogP contribution in [-0.4, -0.2) is 29.7 Å². The number of carbonyl (C=O) groups excluding carboxylic acids is 2. The van der Waals surface area contributed by atoms with Gasteiger partial charge < -0.3 is 19.2 Å². The maximum absolute atomic E-state index is 12.5. The minimum atomic E-state index is -0.508. The van der Waals surface area contributed by atoms with Gasteiger partial charge in [0.2, 0.25) is 11.5 Å². The van der Waals surface area contributed by atoms with Gasteiger partial charge in [0.25, 0.3) is 0 Å². The molecule has 2 N–H and O–H groups in total. The normalized spacial score (nSPS) is 16.9. The highest BCUT2D eigenvalue weighted by Crippen LogP contribution is 2.37. The maximum Gasteiger partial charge on any atom is 0.407 e. The van der Waals surface area contributed by atoms with Crippen LogP contribution in [0.3, 0.4) is 0 Å². The fourth-order valence-corrected chi connectivity index (χ4v) is 4.96. The number of benzene rings is 1. The van der Waals surface area contributed by atoms with Gasteiger partial charge >= 0.3 is 6.09 Å². The molecule has 1 aromatic carbocycles. The van der Waals surface area contributed by atoms with Crippen LogP contribution in [0.25, 0.3) is 11.0 Å². The van der Waals surface area contributed by atoms with Crippen molar-refractivity contribution in [2.24, 2.45) is 5.10 Å². The first-order valence-electron chi connectivity index (χ1n) is 13.6. The van der Waals surface area contributed by atoms with Crippen LogP contribution in [-0.2, 0) is 28.8 Å². The van der Waals surface area contributed by atoms with Crippen molar-refractivity contribution in [1.82, 2.24) is 10.7 Å². The molecule has 2 aromatic rings. The zero-order valence-electron chi connectivity index (χ0n) is 22.9. The summed E-state index contributed by atoms with van der Waals surface area (Å²) < 4.78 is 17.7. The van der Waals surface area contributed by atoms with Gasteiger partial charge in [-0.05, 0) is 103 Å². The number of rotatable bonds is 7. The number of nitrogens with zero attached hydrogens (tertiary/aromatic N) is 1. The van der Waals surface area contributed by atoms with E-state index in [2.05, 4.69) is 35.8 Å². The van der Waals surface area contributed by atoms with Gasteiger partial charge in [-0.2, -0.15) is 0 Å². The van der Waals surface area contributed by atoms with E-state index in [-0.39, 0.29) is 11.5 Å². The number of alkyl carbamates (subject to hydrolysis) is 1. The van der Waals surface area contributed by atoms with E-state index in [1.54, 1.807) is 0 Å². The molecule has 2 amide bonds. The summed E-state index contributed by atoms with van der Waals surface area (Å²) in [6, 6.07) is 4.22. The molecule has 0 spiro atoms. The molecule has 0 saturated carbocycles. The van der Waals surface area contributed by atoms with Crippen LogP contribution in [0.5, 0.6) is 5.75 Å². The molecule has 0 atom stereocenters. The van der Waals surface area contributed by atoms with Gasteiger partial charge in [0.1, 0.15) is 22.5 Å². The van der Waals surface area contributed by atoms with Crippen LogP contribution in [0.2, 0.25) is 0 Å². The maximum atomic E-state index is 12.5. The van der Waals surface area contributed by atoms with Crippen molar-refractivity contribution in [3.05, 3.63) is 34.4 Å². The molecule has 1 aliphatic carbocycles.